The first-order valence-electron chi connectivity index (χ1n) is 6.34. The zero-order valence-electron chi connectivity index (χ0n) is 11.9. The van der Waals surface area contributed by atoms with E-state index in [-0.39, 0.29) is 22.2 Å². The predicted octanol–water partition coefficient (Wildman–Crippen LogP) is -0.739. The van der Waals surface area contributed by atoms with Crippen LogP contribution in [-0.2, 0) is 0 Å². The molecule has 0 atom stereocenters. The lowest BCUT2D eigenvalue weighted by Gasteiger charge is -1.95. The van der Waals surface area contributed by atoms with Crippen molar-refractivity contribution in [2.24, 2.45) is 5.84 Å². The number of amides is 1. The van der Waals surface area contributed by atoms with Gasteiger partial charge in [0.25, 0.3) is 11.3 Å². The van der Waals surface area contributed by atoms with Crippen LogP contribution in [0.1, 0.15) is 10.4 Å². The minimum atomic E-state index is -0.920. The number of carbonyl (C=O) groups excluding carboxylic acids is 1. The third kappa shape index (κ3) is 3.73. The van der Waals surface area contributed by atoms with Crippen molar-refractivity contribution in [2.75, 3.05) is 0 Å². The fourth-order valence-electron chi connectivity index (χ4n) is 1.90. The normalized spacial score (nSPS) is 9.43. The summed E-state index contributed by atoms with van der Waals surface area (Å²) in [4.78, 5) is 43.7. The van der Waals surface area contributed by atoms with Gasteiger partial charge >= 0.3 is 0 Å². The minimum Gasteiger partial charge on any atom is -0.412 e. The highest BCUT2D eigenvalue weighted by Gasteiger charge is 2.09. The Labute approximate surface area is 130 Å². The Balaban J connectivity index is 0.000000224. The fraction of sp³-hybridized carbons (Fsp3) is 0. The third-order valence-corrected chi connectivity index (χ3v) is 3.00. The summed E-state index contributed by atoms with van der Waals surface area (Å²) in [5.74, 6) is 4.64. The summed E-state index contributed by atoms with van der Waals surface area (Å²) in [6, 6.07) is 15.0. The Morgan fingerprint density at radius 1 is 0.739 bits per heavy atom. The van der Waals surface area contributed by atoms with Gasteiger partial charge < -0.3 is 5.48 Å². The summed E-state index contributed by atoms with van der Waals surface area (Å²) in [6.07, 6.45) is 0. The molecule has 23 heavy (non-hydrogen) atoms. The molecule has 7 nitrogen and oxygen atoms in total. The predicted molar refractivity (Wildman–Crippen MR) is 86.8 cm³/mol. The van der Waals surface area contributed by atoms with Crippen LogP contribution in [0.25, 0.3) is 10.8 Å². The standard InChI is InChI=1S/C9H4O3.C7H8N2O.H2O/c10-7-5-3-1-2-4-6(5)8(11)9(7)12;8-9-7(10)6-4-2-1-3-5-6;/h1-4H;1-5H,8H2,(H,9,10);1H2. The molecule has 0 aliphatic heterocycles. The maximum Gasteiger partial charge on any atom is 0.273 e. The van der Waals surface area contributed by atoms with Crippen LogP contribution in [0, 0.1) is 0 Å². The van der Waals surface area contributed by atoms with Crippen molar-refractivity contribution in [3.05, 3.63) is 90.8 Å². The lowest BCUT2D eigenvalue weighted by atomic mass is 10.2. The number of fused-ring (bicyclic) bond motifs is 1. The average molecular weight is 314 g/mol. The number of benzene rings is 2. The van der Waals surface area contributed by atoms with Gasteiger partial charge in [-0.25, -0.2) is 5.84 Å². The van der Waals surface area contributed by atoms with Crippen molar-refractivity contribution in [3.8, 4) is 0 Å². The molecule has 118 valence electrons. The molecule has 3 rings (SSSR count). The van der Waals surface area contributed by atoms with Gasteiger partial charge in [-0.1, -0.05) is 42.5 Å². The second kappa shape index (κ2) is 7.74. The van der Waals surface area contributed by atoms with Gasteiger partial charge in [0.05, 0.1) is 0 Å². The zero-order valence-corrected chi connectivity index (χ0v) is 11.9. The van der Waals surface area contributed by atoms with E-state index in [2.05, 4.69) is 0 Å². The van der Waals surface area contributed by atoms with Crippen LogP contribution < -0.4 is 27.6 Å². The van der Waals surface area contributed by atoms with Gasteiger partial charge in [-0.05, 0) is 12.1 Å². The molecule has 0 aliphatic carbocycles. The van der Waals surface area contributed by atoms with Crippen LogP contribution in [0.5, 0.6) is 0 Å². The molecule has 0 spiro atoms. The van der Waals surface area contributed by atoms with Crippen molar-refractivity contribution in [1.82, 2.24) is 5.43 Å². The second-order valence-electron chi connectivity index (χ2n) is 4.37. The van der Waals surface area contributed by atoms with Crippen LogP contribution in [0.4, 0.5) is 0 Å². The number of nitrogens with two attached hydrogens (primary N) is 1. The fourth-order valence-corrected chi connectivity index (χ4v) is 1.90. The molecule has 7 heteroatoms. The number of nitrogen functional groups attached to an aromatic ring is 1. The van der Waals surface area contributed by atoms with Crippen LogP contribution in [-0.4, -0.2) is 11.4 Å². The van der Waals surface area contributed by atoms with E-state index in [4.69, 9.17) is 5.84 Å². The summed E-state index contributed by atoms with van der Waals surface area (Å²) in [6.45, 7) is 0. The molecule has 0 saturated heterocycles. The van der Waals surface area contributed by atoms with Gasteiger partial charge in [-0.2, -0.15) is 0 Å². The summed E-state index contributed by atoms with van der Waals surface area (Å²) in [7, 11) is 0. The Morgan fingerprint density at radius 2 is 1.17 bits per heavy atom. The number of nitrogens with one attached hydrogen (secondary N) is 1. The number of rotatable bonds is 1. The summed E-state index contributed by atoms with van der Waals surface area (Å²) in [5, 5.41) is 0.458. The topological polar surface area (TPSA) is 138 Å². The number of hydrazine groups is 1. The highest BCUT2D eigenvalue weighted by Crippen LogP contribution is 2.01. The Hall–Kier alpha value is -3.16. The summed E-state index contributed by atoms with van der Waals surface area (Å²) in [5.41, 5.74) is 0.327. The molecular formula is C16H14N2O5. The van der Waals surface area contributed by atoms with Crippen LogP contribution >= 0.6 is 0 Å². The molecule has 1 amide bonds. The van der Waals surface area contributed by atoms with E-state index >= 15 is 0 Å². The van der Waals surface area contributed by atoms with Gasteiger partial charge in [0.1, 0.15) is 0 Å². The highest BCUT2D eigenvalue weighted by molar-refractivity contribution is 5.93. The molecule has 0 unspecified atom stereocenters. The van der Waals surface area contributed by atoms with E-state index in [1.54, 1.807) is 36.4 Å². The summed E-state index contributed by atoms with van der Waals surface area (Å²) < 4.78 is 0. The average Bonchev–Trinajstić information content (AvgIpc) is 2.80. The maximum absolute atomic E-state index is 11.0. The lowest BCUT2D eigenvalue weighted by Crippen LogP contribution is -2.29. The molecule has 0 saturated carbocycles. The molecule has 3 aromatic carbocycles. The molecule has 5 N–H and O–H groups in total. The molecule has 3 aromatic rings. The first-order valence-corrected chi connectivity index (χ1v) is 6.34. The van der Waals surface area contributed by atoms with Gasteiger partial charge in [-0.3, -0.25) is 24.6 Å². The zero-order chi connectivity index (χ0) is 16.1. The molecule has 0 heterocycles. The van der Waals surface area contributed by atoms with E-state index in [1.165, 1.54) is 12.1 Å². The number of hydrogen-bond donors (Lipinski definition) is 2. The minimum absolute atomic E-state index is 0. The first-order chi connectivity index (χ1) is 10.6. The van der Waals surface area contributed by atoms with Crippen LogP contribution in [0.3, 0.4) is 0 Å². The largest absolute Gasteiger partial charge is 0.412 e. The van der Waals surface area contributed by atoms with Crippen molar-refractivity contribution in [2.45, 2.75) is 0 Å². The first kappa shape index (κ1) is 17.9. The maximum atomic E-state index is 11.0. The Kier molecular flexibility index (Phi) is 6.02. The monoisotopic (exact) mass is 314 g/mol. The SMILES string of the molecule is NNC(=O)c1ccccc1.O.O=c1c(=O)c2ccccc2c1=O. The summed E-state index contributed by atoms with van der Waals surface area (Å²) >= 11 is 0. The van der Waals surface area contributed by atoms with Crippen molar-refractivity contribution in [3.63, 3.8) is 0 Å². The molecular weight excluding hydrogens is 300 g/mol. The van der Waals surface area contributed by atoms with Gasteiger partial charge in [0.15, 0.2) is 0 Å². The second-order valence-corrected chi connectivity index (χ2v) is 4.37. The quantitative estimate of drug-likeness (QED) is 0.264. The number of carbonyl (C=O) groups is 1. The van der Waals surface area contributed by atoms with E-state index in [9.17, 15) is 19.2 Å². The van der Waals surface area contributed by atoms with Gasteiger partial charge in [0, 0.05) is 16.3 Å². The third-order valence-electron chi connectivity index (χ3n) is 3.00. The van der Waals surface area contributed by atoms with E-state index in [0.717, 1.165) is 0 Å². The Morgan fingerprint density at radius 3 is 1.61 bits per heavy atom. The number of hydrogen-bond acceptors (Lipinski definition) is 5. The van der Waals surface area contributed by atoms with Gasteiger partial charge in [-0.15, -0.1) is 0 Å². The van der Waals surface area contributed by atoms with Crippen molar-refractivity contribution in [1.29, 1.82) is 0 Å². The van der Waals surface area contributed by atoms with Crippen LogP contribution in [0.15, 0.2) is 69.0 Å². The van der Waals surface area contributed by atoms with E-state index < -0.39 is 16.3 Å². The highest BCUT2D eigenvalue weighted by atomic mass is 16.2. The van der Waals surface area contributed by atoms with Crippen molar-refractivity contribution >= 4 is 16.7 Å². The molecule has 0 radical (unpaired) electrons. The molecule has 0 aromatic heterocycles. The van der Waals surface area contributed by atoms with E-state index in [0.29, 0.717) is 5.56 Å². The van der Waals surface area contributed by atoms with Gasteiger partial charge in [0.2, 0.25) is 10.9 Å². The van der Waals surface area contributed by atoms with Crippen molar-refractivity contribution < 1.29 is 10.3 Å². The lowest BCUT2D eigenvalue weighted by molar-refractivity contribution is 0.0953. The Bertz CT molecular complexity index is 894. The molecule has 0 fully saturated rings. The van der Waals surface area contributed by atoms with E-state index in [1.807, 2.05) is 11.5 Å². The smallest absolute Gasteiger partial charge is 0.273 e. The molecule has 0 aliphatic rings. The van der Waals surface area contributed by atoms with Crippen LogP contribution in [0.2, 0.25) is 0 Å². The molecule has 0 bridgehead atoms.